The van der Waals surface area contributed by atoms with Crippen LogP contribution in [0.15, 0.2) is 18.2 Å². The van der Waals surface area contributed by atoms with E-state index >= 15 is 0 Å². The summed E-state index contributed by atoms with van der Waals surface area (Å²) in [4.78, 5) is 13.0. The van der Waals surface area contributed by atoms with Gasteiger partial charge < -0.3 is 19.9 Å². The Bertz CT molecular complexity index is 1240. The van der Waals surface area contributed by atoms with E-state index in [1.165, 1.54) is 22.5 Å². The molecule has 2 aromatic carbocycles. The minimum absolute atomic E-state index is 0.0115. The molecule has 1 atom stereocenters. The van der Waals surface area contributed by atoms with Gasteiger partial charge in [0.05, 0.1) is 12.0 Å². The number of benzene rings is 2. The summed E-state index contributed by atoms with van der Waals surface area (Å²) < 4.78 is 14.5. The van der Waals surface area contributed by atoms with E-state index in [-0.39, 0.29) is 11.3 Å². The summed E-state index contributed by atoms with van der Waals surface area (Å²) in [5.74, 6) is 0.928. The number of aryl methyl sites for hydroxylation is 1. The lowest BCUT2D eigenvalue weighted by Crippen LogP contribution is -2.51. The lowest BCUT2D eigenvalue weighted by atomic mass is 9.82. The van der Waals surface area contributed by atoms with E-state index in [0.717, 1.165) is 34.5 Å². The molecule has 0 radical (unpaired) electrons. The summed E-state index contributed by atoms with van der Waals surface area (Å²) in [5.41, 5.74) is 7.84. The maximum absolute atomic E-state index is 13.0. The van der Waals surface area contributed by atoms with Gasteiger partial charge in [0.2, 0.25) is 5.69 Å². The molecule has 0 fully saturated rings. The van der Waals surface area contributed by atoms with Gasteiger partial charge in [0, 0.05) is 37.1 Å². The average molecular weight is 494 g/mol. The molecule has 36 heavy (non-hydrogen) atoms. The summed E-state index contributed by atoms with van der Waals surface area (Å²) >= 11 is 0. The fourth-order valence-electron chi connectivity index (χ4n) is 5.48. The Morgan fingerprint density at radius 3 is 2.53 bits per heavy atom. The van der Waals surface area contributed by atoms with Crippen molar-refractivity contribution in [1.82, 2.24) is 5.32 Å². The van der Waals surface area contributed by atoms with E-state index in [2.05, 4.69) is 55.8 Å². The summed E-state index contributed by atoms with van der Waals surface area (Å²) in [6.45, 7) is 18.7. The molecule has 2 aromatic rings. The second kappa shape index (κ2) is 9.55. The number of ether oxygens (including phenoxy) is 2. The van der Waals surface area contributed by atoms with Crippen LogP contribution in [0, 0.1) is 27.7 Å². The largest absolute Gasteiger partial charge is 0.507 e. The third kappa shape index (κ3) is 4.40. The minimum atomic E-state index is -0.942. The molecule has 2 aliphatic rings. The van der Waals surface area contributed by atoms with Crippen molar-refractivity contribution in [2.75, 3.05) is 26.3 Å². The van der Waals surface area contributed by atoms with Gasteiger partial charge in [0.15, 0.2) is 17.9 Å². The van der Waals surface area contributed by atoms with Gasteiger partial charge in [0.25, 0.3) is 5.91 Å². The van der Waals surface area contributed by atoms with Gasteiger partial charge in [-0.2, -0.15) is 4.58 Å². The van der Waals surface area contributed by atoms with Crippen molar-refractivity contribution in [3.8, 4) is 11.5 Å². The van der Waals surface area contributed by atoms with Crippen LogP contribution in [0.25, 0.3) is 0 Å². The third-order valence-corrected chi connectivity index (χ3v) is 8.42. The van der Waals surface area contributed by atoms with Crippen LogP contribution in [0.3, 0.4) is 0 Å². The first kappa shape index (κ1) is 26.2. The van der Waals surface area contributed by atoms with Gasteiger partial charge in [-0.25, -0.2) is 0 Å². The summed E-state index contributed by atoms with van der Waals surface area (Å²) in [6, 6.07) is 6.66. The highest BCUT2D eigenvalue weighted by Crippen LogP contribution is 2.43. The van der Waals surface area contributed by atoms with E-state index in [4.69, 9.17) is 9.47 Å². The first-order valence-corrected chi connectivity index (χ1v) is 13.0. The van der Waals surface area contributed by atoms with Crippen LogP contribution < -0.4 is 10.1 Å². The molecule has 1 amide bonds. The SMILES string of the molecule is CC1=[N+](CCOCCNC(=O)C2(C)CCc3c(C)c(O)c(C)c(C)c3O2)c2ccc(C)cc2C1(C)C. The molecule has 0 saturated carbocycles. The number of carbonyl (C=O) groups is 1. The van der Waals surface area contributed by atoms with Gasteiger partial charge in [-0.15, -0.1) is 0 Å². The van der Waals surface area contributed by atoms with Gasteiger partial charge in [-0.05, 0) is 77.6 Å². The van der Waals surface area contributed by atoms with Gasteiger partial charge in [-0.3, -0.25) is 4.79 Å². The van der Waals surface area contributed by atoms with Crippen molar-refractivity contribution < 1.29 is 24.0 Å². The van der Waals surface area contributed by atoms with Crippen LogP contribution in [-0.4, -0.2) is 53.2 Å². The molecule has 6 nitrogen and oxygen atoms in total. The van der Waals surface area contributed by atoms with Crippen molar-refractivity contribution in [1.29, 1.82) is 0 Å². The van der Waals surface area contributed by atoms with E-state index < -0.39 is 5.60 Å². The molecule has 2 heterocycles. The Hall–Kier alpha value is -2.86. The Morgan fingerprint density at radius 1 is 1.08 bits per heavy atom. The molecule has 0 spiro atoms. The second-order valence-corrected chi connectivity index (χ2v) is 11.1. The number of aromatic hydroxyl groups is 1. The molecule has 2 aliphatic heterocycles. The van der Waals surface area contributed by atoms with Crippen LogP contribution in [0.4, 0.5) is 5.69 Å². The van der Waals surface area contributed by atoms with E-state index in [1.54, 1.807) is 0 Å². The number of rotatable bonds is 7. The standard InChI is InChI=1S/C30H40N2O4/c1-18-9-10-25-24(17-18)29(6,7)22(5)32(25)14-16-35-15-13-31-28(34)30(8)12-11-23-21(4)26(33)19(2)20(3)27(23)36-30/h9-10,17H,11-16H2,1-8H3,(H-,31,33,34)/p+1. The zero-order chi connectivity index (χ0) is 26.4. The van der Waals surface area contributed by atoms with Crippen molar-refractivity contribution in [2.24, 2.45) is 0 Å². The Balaban J connectivity index is 1.29. The van der Waals surface area contributed by atoms with Crippen LogP contribution in [-0.2, 0) is 21.4 Å². The predicted molar refractivity (Wildman–Crippen MR) is 143 cm³/mol. The summed E-state index contributed by atoms with van der Waals surface area (Å²) in [5, 5.41) is 13.4. The molecule has 0 aliphatic carbocycles. The number of hydrogen-bond donors (Lipinski definition) is 2. The topological polar surface area (TPSA) is 70.8 Å². The Morgan fingerprint density at radius 2 is 1.81 bits per heavy atom. The number of hydrogen-bond acceptors (Lipinski definition) is 4. The maximum Gasteiger partial charge on any atom is 0.263 e. The van der Waals surface area contributed by atoms with Crippen LogP contribution in [0.2, 0.25) is 0 Å². The van der Waals surface area contributed by atoms with E-state index in [9.17, 15) is 9.90 Å². The zero-order valence-electron chi connectivity index (χ0n) is 23.1. The zero-order valence-corrected chi connectivity index (χ0v) is 23.1. The molecule has 1 unspecified atom stereocenters. The highest BCUT2D eigenvalue weighted by atomic mass is 16.5. The first-order chi connectivity index (χ1) is 16.9. The van der Waals surface area contributed by atoms with Crippen molar-refractivity contribution in [2.45, 2.75) is 79.2 Å². The number of phenolic OH excluding ortho intramolecular Hbond substituents is 1. The number of amides is 1. The lowest BCUT2D eigenvalue weighted by Gasteiger charge is -2.36. The molecule has 194 valence electrons. The average Bonchev–Trinajstić information content (AvgIpc) is 3.03. The van der Waals surface area contributed by atoms with Crippen LogP contribution in [0.5, 0.6) is 11.5 Å². The molecule has 0 bridgehead atoms. The molecular weight excluding hydrogens is 452 g/mol. The van der Waals surface area contributed by atoms with Crippen LogP contribution in [0.1, 0.15) is 67.5 Å². The maximum atomic E-state index is 13.0. The monoisotopic (exact) mass is 493 g/mol. The van der Waals surface area contributed by atoms with Gasteiger partial charge in [-0.1, -0.05) is 11.6 Å². The van der Waals surface area contributed by atoms with E-state index in [1.807, 2.05) is 27.7 Å². The number of carbonyl (C=O) groups excluding carboxylic acids is 1. The fourth-order valence-corrected chi connectivity index (χ4v) is 5.48. The predicted octanol–water partition coefficient (Wildman–Crippen LogP) is 4.94. The van der Waals surface area contributed by atoms with Crippen molar-refractivity contribution >= 4 is 17.3 Å². The van der Waals surface area contributed by atoms with Gasteiger partial charge >= 0.3 is 0 Å². The molecule has 2 N–H and O–H groups in total. The second-order valence-electron chi connectivity index (χ2n) is 11.1. The number of phenols is 1. The fraction of sp³-hybridized carbons (Fsp3) is 0.533. The molecular formula is C30H41N2O4+. The molecule has 0 aromatic heterocycles. The van der Waals surface area contributed by atoms with Crippen LogP contribution >= 0.6 is 0 Å². The van der Waals surface area contributed by atoms with Crippen molar-refractivity contribution in [3.63, 3.8) is 0 Å². The summed E-state index contributed by atoms with van der Waals surface area (Å²) in [6.07, 6.45) is 1.26. The molecule has 4 rings (SSSR count). The highest BCUT2D eigenvalue weighted by molar-refractivity contribution is 5.93. The Kier molecular flexibility index (Phi) is 6.95. The molecule has 6 heteroatoms. The number of nitrogens with one attached hydrogen (secondary N) is 1. The van der Waals surface area contributed by atoms with Gasteiger partial charge in [0.1, 0.15) is 18.1 Å². The lowest BCUT2D eigenvalue weighted by molar-refractivity contribution is -0.443. The number of fused-ring (bicyclic) bond motifs is 2. The van der Waals surface area contributed by atoms with E-state index in [0.29, 0.717) is 38.3 Å². The smallest absolute Gasteiger partial charge is 0.263 e. The third-order valence-electron chi connectivity index (χ3n) is 8.42. The normalized spacial score (nSPS) is 20.1. The molecule has 0 saturated heterocycles. The first-order valence-electron chi connectivity index (χ1n) is 13.0. The van der Waals surface area contributed by atoms with Crippen molar-refractivity contribution in [3.05, 3.63) is 51.6 Å². The Labute approximate surface area is 215 Å². The highest BCUT2D eigenvalue weighted by Gasteiger charge is 2.43. The quantitative estimate of drug-likeness (QED) is 0.423. The number of nitrogens with zero attached hydrogens (tertiary/aromatic N) is 1. The minimum Gasteiger partial charge on any atom is -0.507 e. The summed E-state index contributed by atoms with van der Waals surface area (Å²) in [7, 11) is 0.